The van der Waals surface area contributed by atoms with Crippen molar-refractivity contribution in [1.29, 1.82) is 0 Å². The third-order valence-electron chi connectivity index (χ3n) is 3.11. The first kappa shape index (κ1) is 14.2. The van der Waals surface area contributed by atoms with Crippen LogP contribution in [0.4, 0.5) is 11.4 Å². The van der Waals surface area contributed by atoms with E-state index in [-0.39, 0.29) is 23.2 Å². The van der Waals surface area contributed by atoms with Crippen LogP contribution in [0.1, 0.15) is 12.8 Å². The number of rotatable bonds is 4. The second-order valence-electron chi connectivity index (χ2n) is 4.51. The number of nitro benzene ring substituents is 1. The smallest absolute Gasteiger partial charge is 0.271 e. The predicted octanol–water partition coefficient (Wildman–Crippen LogP) is 0.745. The zero-order chi connectivity index (χ0) is 14.7. The third-order valence-corrected chi connectivity index (χ3v) is 3.11. The van der Waals surface area contributed by atoms with Gasteiger partial charge in [0.25, 0.3) is 11.6 Å². The van der Waals surface area contributed by atoms with E-state index in [0.717, 1.165) is 18.2 Å². The summed E-state index contributed by atoms with van der Waals surface area (Å²) in [6.07, 6.45) is 0.422. The number of nitrogens with one attached hydrogen (secondary N) is 1. The van der Waals surface area contributed by atoms with E-state index in [0.29, 0.717) is 19.4 Å². The molecule has 2 unspecified atom stereocenters. The van der Waals surface area contributed by atoms with Crippen molar-refractivity contribution in [2.75, 3.05) is 11.9 Å². The van der Waals surface area contributed by atoms with Gasteiger partial charge >= 0.3 is 0 Å². The van der Waals surface area contributed by atoms with Gasteiger partial charge in [-0.25, -0.2) is 0 Å². The van der Waals surface area contributed by atoms with Crippen LogP contribution in [0.2, 0.25) is 0 Å². The topological polar surface area (TPSA) is 128 Å². The van der Waals surface area contributed by atoms with E-state index in [4.69, 9.17) is 10.5 Å². The first-order valence-corrected chi connectivity index (χ1v) is 6.15. The highest BCUT2D eigenvalue weighted by Gasteiger charge is 2.30. The summed E-state index contributed by atoms with van der Waals surface area (Å²) in [5, 5.41) is 22.7. The fraction of sp³-hybridized carbons (Fsp3) is 0.417. The maximum absolute atomic E-state index is 12.0. The van der Waals surface area contributed by atoms with Crippen LogP contribution >= 0.6 is 0 Å². The van der Waals surface area contributed by atoms with Crippen LogP contribution in [0.25, 0.3) is 0 Å². The van der Waals surface area contributed by atoms with E-state index < -0.39 is 16.9 Å². The first-order chi connectivity index (χ1) is 9.51. The molecule has 2 rings (SSSR count). The summed E-state index contributed by atoms with van der Waals surface area (Å²) in [5.74, 6) is -0.686. The number of phenolic OH excluding ortho intramolecular Hbond substituents is 1. The highest BCUT2D eigenvalue weighted by Crippen LogP contribution is 2.29. The molecule has 1 aliphatic heterocycles. The summed E-state index contributed by atoms with van der Waals surface area (Å²) >= 11 is 0. The van der Waals surface area contributed by atoms with Crippen LogP contribution in [0.15, 0.2) is 18.2 Å². The molecule has 0 aliphatic carbocycles. The Morgan fingerprint density at radius 1 is 1.55 bits per heavy atom. The van der Waals surface area contributed by atoms with E-state index in [1.807, 2.05) is 0 Å². The average Bonchev–Trinajstić information content (AvgIpc) is 2.89. The van der Waals surface area contributed by atoms with E-state index in [2.05, 4.69) is 5.32 Å². The Hall–Kier alpha value is -2.19. The molecule has 0 bridgehead atoms. The normalized spacial score (nSPS) is 21.6. The number of aromatic hydroxyl groups is 1. The molecule has 1 aliphatic rings. The highest BCUT2D eigenvalue weighted by atomic mass is 16.6. The lowest BCUT2D eigenvalue weighted by Crippen LogP contribution is -2.29. The number of nitro groups is 1. The lowest BCUT2D eigenvalue weighted by Gasteiger charge is -2.13. The van der Waals surface area contributed by atoms with Crippen molar-refractivity contribution in [1.82, 2.24) is 0 Å². The fourth-order valence-corrected chi connectivity index (χ4v) is 2.02. The zero-order valence-electron chi connectivity index (χ0n) is 10.6. The van der Waals surface area contributed by atoms with Crippen molar-refractivity contribution in [2.24, 2.45) is 5.73 Å². The number of amides is 1. The Morgan fingerprint density at radius 2 is 2.30 bits per heavy atom. The lowest BCUT2D eigenvalue weighted by molar-refractivity contribution is -0.384. The molecule has 0 saturated carbocycles. The van der Waals surface area contributed by atoms with Crippen LogP contribution in [-0.4, -0.2) is 34.7 Å². The number of carbonyl (C=O) groups is 1. The Balaban J connectivity index is 2.08. The molecule has 2 atom stereocenters. The molecule has 1 heterocycles. The van der Waals surface area contributed by atoms with Crippen LogP contribution in [0.5, 0.6) is 5.75 Å². The Morgan fingerprint density at radius 3 is 2.90 bits per heavy atom. The van der Waals surface area contributed by atoms with Gasteiger partial charge in [-0.05, 0) is 18.9 Å². The van der Waals surface area contributed by atoms with Gasteiger partial charge in [0.15, 0.2) is 0 Å². The maximum atomic E-state index is 12.0. The quantitative estimate of drug-likeness (QED) is 0.424. The molecule has 1 amide bonds. The molecular weight excluding hydrogens is 266 g/mol. The van der Waals surface area contributed by atoms with Crippen molar-refractivity contribution in [2.45, 2.75) is 25.0 Å². The summed E-state index contributed by atoms with van der Waals surface area (Å²) in [5.41, 5.74) is 5.23. The summed E-state index contributed by atoms with van der Waals surface area (Å²) in [4.78, 5) is 22.0. The van der Waals surface area contributed by atoms with Crippen LogP contribution in [0.3, 0.4) is 0 Å². The minimum absolute atomic E-state index is 0.0102. The molecule has 8 nitrogen and oxygen atoms in total. The van der Waals surface area contributed by atoms with Crippen molar-refractivity contribution >= 4 is 17.3 Å². The molecule has 20 heavy (non-hydrogen) atoms. The van der Waals surface area contributed by atoms with Gasteiger partial charge in [0.05, 0.1) is 16.7 Å². The number of nitrogens with two attached hydrogens (primary N) is 1. The third kappa shape index (κ3) is 3.03. The standard InChI is InChI=1S/C12H15N3O5/c13-6-8-2-4-11(20-8)12(17)14-9-5-7(15(18)19)1-3-10(9)16/h1,3,5,8,11,16H,2,4,6,13H2,(H,14,17). The van der Waals surface area contributed by atoms with Crippen LogP contribution in [0, 0.1) is 10.1 Å². The molecule has 0 spiro atoms. The number of non-ortho nitro benzene ring substituents is 1. The number of carbonyl (C=O) groups excluding carboxylic acids is 1. The van der Waals surface area contributed by atoms with Crippen molar-refractivity contribution in [3.63, 3.8) is 0 Å². The molecule has 0 radical (unpaired) electrons. The van der Waals surface area contributed by atoms with Gasteiger partial charge in [0.1, 0.15) is 11.9 Å². The molecule has 1 aromatic carbocycles. The minimum Gasteiger partial charge on any atom is -0.506 e. The van der Waals surface area contributed by atoms with Gasteiger partial charge in [0, 0.05) is 18.7 Å². The van der Waals surface area contributed by atoms with E-state index in [1.54, 1.807) is 0 Å². The molecule has 4 N–H and O–H groups in total. The van der Waals surface area contributed by atoms with Crippen molar-refractivity contribution in [3.05, 3.63) is 28.3 Å². The van der Waals surface area contributed by atoms with Crippen LogP contribution in [-0.2, 0) is 9.53 Å². The monoisotopic (exact) mass is 281 g/mol. The van der Waals surface area contributed by atoms with E-state index in [1.165, 1.54) is 0 Å². The predicted molar refractivity (Wildman–Crippen MR) is 70.3 cm³/mol. The minimum atomic E-state index is -0.651. The lowest BCUT2D eigenvalue weighted by atomic mass is 10.2. The van der Waals surface area contributed by atoms with Gasteiger partial charge < -0.3 is 20.9 Å². The average molecular weight is 281 g/mol. The number of benzene rings is 1. The Bertz CT molecular complexity index is 534. The van der Waals surface area contributed by atoms with Gasteiger partial charge in [0.2, 0.25) is 0 Å². The molecule has 8 heteroatoms. The number of phenols is 1. The van der Waals surface area contributed by atoms with Crippen molar-refractivity contribution in [3.8, 4) is 5.75 Å². The van der Waals surface area contributed by atoms with E-state index >= 15 is 0 Å². The SMILES string of the molecule is NCC1CCC(C(=O)Nc2cc([N+](=O)[O-])ccc2O)O1. The first-order valence-electron chi connectivity index (χ1n) is 6.15. The zero-order valence-corrected chi connectivity index (χ0v) is 10.6. The second-order valence-corrected chi connectivity index (χ2v) is 4.51. The second kappa shape index (κ2) is 5.85. The Labute approximate surface area is 114 Å². The van der Waals surface area contributed by atoms with Gasteiger partial charge in [-0.1, -0.05) is 0 Å². The van der Waals surface area contributed by atoms with Crippen molar-refractivity contribution < 1.29 is 19.6 Å². The van der Waals surface area contributed by atoms with E-state index in [9.17, 15) is 20.0 Å². The number of ether oxygens (including phenoxy) is 1. The fourth-order valence-electron chi connectivity index (χ4n) is 2.02. The number of nitrogens with zero attached hydrogens (tertiary/aromatic N) is 1. The highest BCUT2D eigenvalue weighted by molar-refractivity contribution is 5.95. The van der Waals surface area contributed by atoms with Crippen LogP contribution < -0.4 is 11.1 Å². The van der Waals surface area contributed by atoms with Gasteiger partial charge in [-0.3, -0.25) is 14.9 Å². The van der Waals surface area contributed by atoms with Gasteiger partial charge in [-0.15, -0.1) is 0 Å². The number of hydrogen-bond acceptors (Lipinski definition) is 6. The number of anilines is 1. The summed E-state index contributed by atoms with van der Waals surface area (Å²) in [7, 11) is 0. The summed E-state index contributed by atoms with van der Waals surface area (Å²) in [6, 6.07) is 3.41. The largest absolute Gasteiger partial charge is 0.506 e. The molecule has 1 saturated heterocycles. The summed E-state index contributed by atoms with van der Waals surface area (Å²) < 4.78 is 5.41. The molecule has 1 aromatic rings. The molecule has 0 aromatic heterocycles. The number of hydrogen-bond donors (Lipinski definition) is 3. The molecule has 1 fully saturated rings. The molecule has 108 valence electrons. The molecular formula is C12H15N3O5. The Kier molecular flexibility index (Phi) is 4.16. The maximum Gasteiger partial charge on any atom is 0.271 e. The summed E-state index contributed by atoms with van der Waals surface area (Å²) in [6.45, 7) is 0.339. The van der Waals surface area contributed by atoms with Gasteiger partial charge in [-0.2, -0.15) is 0 Å².